The van der Waals surface area contributed by atoms with Gasteiger partial charge in [0.25, 0.3) is 0 Å². The number of hydrogen-bond acceptors (Lipinski definition) is 5. The lowest BCUT2D eigenvalue weighted by Crippen LogP contribution is -2.03. The maximum Gasteiger partial charge on any atom is 0.248 e. The molecule has 1 aromatic heterocycles. The van der Waals surface area contributed by atoms with Crippen molar-refractivity contribution in [1.82, 2.24) is 9.97 Å². The minimum Gasteiger partial charge on any atom is -0.437 e. The Kier molecular flexibility index (Phi) is 4.76. The van der Waals surface area contributed by atoms with E-state index in [1.54, 1.807) is 0 Å². The fourth-order valence-electron chi connectivity index (χ4n) is 2.26. The lowest BCUT2D eigenvalue weighted by molar-refractivity contribution is 0.464. The smallest absolute Gasteiger partial charge is 0.248 e. The van der Waals surface area contributed by atoms with E-state index >= 15 is 0 Å². The molecule has 0 unspecified atom stereocenters. The first-order valence-corrected chi connectivity index (χ1v) is 8.20. The fourth-order valence-corrected chi connectivity index (χ4v) is 2.44. The number of hydrogen-bond donors (Lipinski definition) is 2. The molecule has 0 aliphatic carbocycles. The average molecular weight is 355 g/mol. The normalized spacial score (nSPS) is 10.6. The summed E-state index contributed by atoms with van der Waals surface area (Å²) in [7, 11) is 0. The molecule has 3 N–H and O–H groups in total. The zero-order valence-corrected chi connectivity index (χ0v) is 15.1. The molecule has 0 saturated heterocycles. The molecule has 3 aromatic rings. The molecule has 0 saturated carbocycles. The van der Waals surface area contributed by atoms with Gasteiger partial charge in [-0.15, -0.1) is 0 Å². The Labute approximate surface area is 151 Å². The van der Waals surface area contributed by atoms with Crippen molar-refractivity contribution in [3.63, 3.8) is 0 Å². The number of nitrogen functional groups attached to an aromatic ring is 1. The van der Waals surface area contributed by atoms with Crippen LogP contribution in [-0.2, 0) is 0 Å². The van der Waals surface area contributed by atoms with Crippen molar-refractivity contribution in [2.75, 3.05) is 11.1 Å². The Balaban J connectivity index is 1.86. The highest BCUT2D eigenvalue weighted by Crippen LogP contribution is 2.32. The Morgan fingerprint density at radius 3 is 2.44 bits per heavy atom. The van der Waals surface area contributed by atoms with Crippen LogP contribution in [0.4, 0.5) is 17.2 Å². The quantitative estimate of drug-likeness (QED) is 0.675. The summed E-state index contributed by atoms with van der Waals surface area (Å²) in [5.41, 5.74) is 10.6. The number of aromatic nitrogens is 2. The Morgan fingerprint density at radius 2 is 1.72 bits per heavy atom. The van der Waals surface area contributed by atoms with Gasteiger partial charge in [0.1, 0.15) is 17.8 Å². The molecule has 2 aromatic carbocycles. The number of nitrogens with one attached hydrogen (secondary N) is 1. The lowest BCUT2D eigenvalue weighted by atomic mass is 10.1. The van der Waals surface area contributed by atoms with Gasteiger partial charge in [-0.3, -0.25) is 0 Å². The summed E-state index contributed by atoms with van der Waals surface area (Å²) in [5.74, 6) is 1.45. The first-order chi connectivity index (χ1) is 11.9. The van der Waals surface area contributed by atoms with Gasteiger partial charge < -0.3 is 15.8 Å². The predicted molar refractivity (Wildman–Crippen MR) is 102 cm³/mol. The molecule has 0 fully saturated rings. The maximum atomic E-state index is 6.17. The van der Waals surface area contributed by atoms with Gasteiger partial charge >= 0.3 is 0 Å². The van der Waals surface area contributed by atoms with E-state index in [2.05, 4.69) is 15.3 Å². The van der Waals surface area contributed by atoms with Crippen LogP contribution in [0, 0.1) is 20.8 Å². The van der Waals surface area contributed by atoms with Crippen LogP contribution in [-0.4, -0.2) is 9.97 Å². The van der Waals surface area contributed by atoms with Crippen molar-refractivity contribution in [3.8, 4) is 11.6 Å². The van der Waals surface area contributed by atoms with E-state index in [1.165, 1.54) is 11.9 Å². The first kappa shape index (κ1) is 17.0. The van der Waals surface area contributed by atoms with E-state index in [4.69, 9.17) is 22.1 Å². The van der Waals surface area contributed by atoms with Crippen LogP contribution in [0.5, 0.6) is 11.6 Å². The lowest BCUT2D eigenvalue weighted by Gasteiger charge is -2.13. The van der Waals surface area contributed by atoms with Crippen LogP contribution in [0.3, 0.4) is 0 Å². The zero-order valence-electron chi connectivity index (χ0n) is 14.3. The molecule has 0 atom stereocenters. The maximum absolute atomic E-state index is 6.17. The number of ether oxygens (including phenoxy) is 1. The molecule has 0 aliphatic heterocycles. The molecular weight excluding hydrogens is 336 g/mol. The van der Waals surface area contributed by atoms with E-state index in [0.717, 1.165) is 16.8 Å². The molecule has 5 nitrogen and oxygen atoms in total. The first-order valence-electron chi connectivity index (χ1n) is 7.83. The van der Waals surface area contributed by atoms with Crippen molar-refractivity contribution in [2.45, 2.75) is 20.8 Å². The monoisotopic (exact) mass is 354 g/mol. The standard InChI is InChI=1S/C19H19ClN4O/c1-11-5-7-15(8-13(11)3)25-19-17(21)18(22-10-23-19)24-14-6-4-12(2)16(20)9-14/h4-10H,21H2,1-3H3,(H,22,23,24). The van der Waals surface area contributed by atoms with Crippen molar-refractivity contribution in [3.05, 3.63) is 64.4 Å². The Bertz CT molecular complexity index is 856. The zero-order chi connectivity index (χ0) is 18.0. The van der Waals surface area contributed by atoms with Crippen LogP contribution >= 0.6 is 11.6 Å². The third kappa shape index (κ3) is 3.83. The second-order valence-electron chi connectivity index (χ2n) is 5.88. The Morgan fingerprint density at radius 1 is 0.960 bits per heavy atom. The summed E-state index contributed by atoms with van der Waals surface area (Å²) < 4.78 is 5.82. The van der Waals surface area contributed by atoms with Crippen molar-refractivity contribution >= 4 is 28.8 Å². The van der Waals surface area contributed by atoms with Gasteiger partial charge in [0.2, 0.25) is 5.88 Å². The van der Waals surface area contributed by atoms with Crippen LogP contribution in [0.25, 0.3) is 0 Å². The Hall–Kier alpha value is -2.79. The second kappa shape index (κ2) is 6.99. The molecule has 0 amide bonds. The molecule has 6 heteroatoms. The number of aryl methyl sites for hydroxylation is 3. The van der Waals surface area contributed by atoms with Gasteiger partial charge in [-0.05, 0) is 61.7 Å². The third-order valence-corrected chi connectivity index (χ3v) is 4.38. The van der Waals surface area contributed by atoms with Gasteiger partial charge in [0.15, 0.2) is 5.82 Å². The highest BCUT2D eigenvalue weighted by Gasteiger charge is 2.11. The summed E-state index contributed by atoms with van der Waals surface area (Å²) in [6.07, 6.45) is 1.41. The summed E-state index contributed by atoms with van der Waals surface area (Å²) in [4.78, 5) is 8.32. The highest BCUT2D eigenvalue weighted by molar-refractivity contribution is 6.31. The SMILES string of the molecule is Cc1ccc(Oc2ncnc(Nc3ccc(C)c(Cl)c3)c2N)cc1C. The number of halogens is 1. The second-order valence-corrected chi connectivity index (χ2v) is 6.29. The highest BCUT2D eigenvalue weighted by atomic mass is 35.5. The summed E-state index contributed by atoms with van der Waals surface area (Å²) in [6, 6.07) is 11.5. The molecule has 0 spiro atoms. The number of anilines is 3. The van der Waals surface area contributed by atoms with Gasteiger partial charge in [0, 0.05) is 10.7 Å². The topological polar surface area (TPSA) is 73.1 Å². The van der Waals surface area contributed by atoms with Gasteiger partial charge in [-0.1, -0.05) is 23.7 Å². The van der Waals surface area contributed by atoms with E-state index in [0.29, 0.717) is 28.2 Å². The largest absolute Gasteiger partial charge is 0.437 e. The minimum atomic E-state index is 0.305. The third-order valence-electron chi connectivity index (χ3n) is 3.97. The molecule has 128 valence electrons. The molecule has 3 rings (SSSR count). The van der Waals surface area contributed by atoms with Crippen LogP contribution in [0.2, 0.25) is 5.02 Å². The van der Waals surface area contributed by atoms with Crippen LogP contribution in [0.15, 0.2) is 42.7 Å². The number of benzene rings is 2. The van der Waals surface area contributed by atoms with Crippen LogP contribution in [0.1, 0.15) is 16.7 Å². The molecule has 0 aliphatic rings. The predicted octanol–water partition coefficient (Wildman–Crippen LogP) is 5.17. The number of nitrogens with two attached hydrogens (primary N) is 1. The van der Waals surface area contributed by atoms with Gasteiger partial charge in [0.05, 0.1) is 0 Å². The molecule has 0 radical (unpaired) electrons. The van der Waals surface area contributed by atoms with Gasteiger partial charge in [-0.2, -0.15) is 4.98 Å². The van der Waals surface area contributed by atoms with Crippen molar-refractivity contribution in [2.24, 2.45) is 0 Å². The molecular formula is C19H19ClN4O. The molecule has 1 heterocycles. The van der Waals surface area contributed by atoms with Crippen LogP contribution < -0.4 is 15.8 Å². The van der Waals surface area contributed by atoms with E-state index in [9.17, 15) is 0 Å². The van der Waals surface area contributed by atoms with Gasteiger partial charge in [-0.25, -0.2) is 4.98 Å². The van der Waals surface area contributed by atoms with Crippen molar-refractivity contribution in [1.29, 1.82) is 0 Å². The fraction of sp³-hybridized carbons (Fsp3) is 0.158. The minimum absolute atomic E-state index is 0.305. The van der Waals surface area contributed by atoms with Crippen molar-refractivity contribution < 1.29 is 4.74 Å². The number of nitrogens with zero attached hydrogens (tertiary/aromatic N) is 2. The average Bonchev–Trinajstić information content (AvgIpc) is 2.58. The molecule has 0 bridgehead atoms. The summed E-state index contributed by atoms with van der Waals surface area (Å²) >= 11 is 6.16. The number of rotatable bonds is 4. The van der Waals surface area contributed by atoms with E-state index in [-0.39, 0.29) is 0 Å². The molecule has 25 heavy (non-hydrogen) atoms. The van der Waals surface area contributed by atoms with E-state index in [1.807, 2.05) is 57.2 Å². The summed E-state index contributed by atoms with van der Waals surface area (Å²) in [6.45, 7) is 6.02. The van der Waals surface area contributed by atoms with E-state index < -0.39 is 0 Å². The summed E-state index contributed by atoms with van der Waals surface area (Å²) in [5, 5.41) is 3.82.